The topological polar surface area (TPSA) is 116 Å². The fourth-order valence-corrected chi connectivity index (χ4v) is 3.41. The minimum absolute atomic E-state index is 0.0748. The number of nitrogens with zero attached hydrogens (tertiary/aromatic N) is 1. The molecule has 0 spiro atoms. The van der Waals surface area contributed by atoms with Gasteiger partial charge in [0, 0.05) is 22.4 Å². The first-order valence-corrected chi connectivity index (χ1v) is 8.87. The van der Waals surface area contributed by atoms with E-state index in [2.05, 4.69) is 5.32 Å². The zero-order chi connectivity index (χ0) is 21.4. The molecule has 1 aliphatic carbocycles. The number of amides is 1. The first-order chi connectivity index (χ1) is 14.4. The van der Waals surface area contributed by atoms with Crippen LogP contribution in [0.2, 0.25) is 0 Å². The van der Waals surface area contributed by atoms with Crippen molar-refractivity contribution in [3.05, 3.63) is 98.6 Å². The van der Waals surface area contributed by atoms with Gasteiger partial charge in [0.05, 0.1) is 12.0 Å². The quantitative estimate of drug-likeness (QED) is 0.412. The van der Waals surface area contributed by atoms with E-state index in [1.54, 1.807) is 36.4 Å². The second-order valence-electron chi connectivity index (χ2n) is 6.53. The summed E-state index contributed by atoms with van der Waals surface area (Å²) < 4.78 is 5.05. The van der Waals surface area contributed by atoms with Crippen LogP contribution in [0.25, 0.3) is 0 Å². The standard InChI is InChI=1S/C22H14N2O6/c1-30-13-8-6-12(7-9-13)23-22(27)17-11-10-16-18(19(17)24(28)29)21(26)15-5-3-2-4-14(15)20(16)25/h2-11H,1H3,(H,23,27). The van der Waals surface area contributed by atoms with E-state index in [9.17, 15) is 24.5 Å². The first-order valence-electron chi connectivity index (χ1n) is 8.87. The predicted molar refractivity (Wildman–Crippen MR) is 107 cm³/mol. The highest BCUT2D eigenvalue weighted by Crippen LogP contribution is 2.35. The molecule has 0 fully saturated rings. The number of ether oxygens (including phenoxy) is 1. The maximum absolute atomic E-state index is 13.0. The summed E-state index contributed by atoms with van der Waals surface area (Å²) >= 11 is 0. The molecule has 3 aromatic carbocycles. The van der Waals surface area contributed by atoms with Gasteiger partial charge >= 0.3 is 0 Å². The molecule has 3 aromatic rings. The molecule has 8 nitrogen and oxygen atoms in total. The van der Waals surface area contributed by atoms with E-state index >= 15 is 0 Å². The van der Waals surface area contributed by atoms with Crippen molar-refractivity contribution in [3.63, 3.8) is 0 Å². The van der Waals surface area contributed by atoms with Crippen LogP contribution >= 0.6 is 0 Å². The fourth-order valence-electron chi connectivity index (χ4n) is 3.41. The first kappa shape index (κ1) is 19.0. The molecule has 1 N–H and O–H groups in total. The van der Waals surface area contributed by atoms with Gasteiger partial charge in [-0.15, -0.1) is 0 Å². The van der Waals surface area contributed by atoms with Crippen LogP contribution < -0.4 is 10.1 Å². The normalized spacial score (nSPS) is 12.0. The smallest absolute Gasteiger partial charge is 0.294 e. The van der Waals surface area contributed by atoms with Gasteiger partial charge in [-0.3, -0.25) is 24.5 Å². The van der Waals surface area contributed by atoms with Gasteiger partial charge in [-0.1, -0.05) is 24.3 Å². The van der Waals surface area contributed by atoms with E-state index in [4.69, 9.17) is 4.74 Å². The lowest BCUT2D eigenvalue weighted by atomic mass is 9.82. The van der Waals surface area contributed by atoms with Crippen LogP contribution in [0.4, 0.5) is 11.4 Å². The van der Waals surface area contributed by atoms with E-state index in [1.165, 1.54) is 31.4 Å². The highest BCUT2D eigenvalue weighted by molar-refractivity contribution is 6.30. The maximum Gasteiger partial charge on any atom is 0.294 e. The lowest BCUT2D eigenvalue weighted by Crippen LogP contribution is -2.24. The molecule has 0 heterocycles. The predicted octanol–water partition coefficient (Wildman–Crippen LogP) is 3.63. The van der Waals surface area contributed by atoms with E-state index in [-0.39, 0.29) is 27.8 Å². The largest absolute Gasteiger partial charge is 0.497 e. The molecule has 0 atom stereocenters. The van der Waals surface area contributed by atoms with Gasteiger partial charge in [0.1, 0.15) is 16.9 Å². The molecule has 0 unspecified atom stereocenters. The van der Waals surface area contributed by atoms with Crippen LogP contribution in [-0.4, -0.2) is 29.5 Å². The summed E-state index contributed by atoms with van der Waals surface area (Å²) in [6.45, 7) is 0. The molecule has 0 aromatic heterocycles. The third-order valence-corrected chi connectivity index (χ3v) is 4.84. The van der Waals surface area contributed by atoms with E-state index in [0.29, 0.717) is 11.4 Å². The SMILES string of the molecule is COc1ccc(NC(=O)c2ccc3c(c2[N+](=O)[O-])C(=O)c2ccccc2C3=O)cc1. The maximum atomic E-state index is 13.0. The Morgan fingerprint density at radius 3 is 2.13 bits per heavy atom. The molecule has 1 aliphatic rings. The highest BCUT2D eigenvalue weighted by Gasteiger charge is 2.38. The summed E-state index contributed by atoms with van der Waals surface area (Å²) in [6.07, 6.45) is 0. The average Bonchev–Trinajstić information content (AvgIpc) is 2.76. The number of nitrogens with one attached hydrogen (secondary N) is 1. The molecule has 0 radical (unpaired) electrons. The van der Waals surface area contributed by atoms with Crippen LogP contribution in [-0.2, 0) is 0 Å². The number of carbonyl (C=O) groups excluding carboxylic acids is 3. The molecule has 0 saturated heterocycles. The molecule has 8 heteroatoms. The Morgan fingerprint density at radius 1 is 0.900 bits per heavy atom. The monoisotopic (exact) mass is 402 g/mol. The number of hydrogen-bond donors (Lipinski definition) is 1. The van der Waals surface area contributed by atoms with Gasteiger partial charge in [-0.25, -0.2) is 0 Å². The molecule has 0 aliphatic heterocycles. The summed E-state index contributed by atoms with van der Waals surface area (Å²) in [5.41, 5.74) is -0.815. The molecular formula is C22H14N2O6. The van der Waals surface area contributed by atoms with Gasteiger partial charge in [-0.2, -0.15) is 0 Å². The number of anilines is 1. The van der Waals surface area contributed by atoms with Gasteiger partial charge in [0.2, 0.25) is 5.78 Å². The molecule has 30 heavy (non-hydrogen) atoms. The summed E-state index contributed by atoms with van der Waals surface area (Å²) in [7, 11) is 1.50. The van der Waals surface area contributed by atoms with E-state index < -0.39 is 28.1 Å². The zero-order valence-electron chi connectivity index (χ0n) is 15.7. The van der Waals surface area contributed by atoms with Crippen molar-refractivity contribution >= 4 is 28.8 Å². The Kier molecular flexibility index (Phi) is 4.59. The Bertz CT molecular complexity index is 1230. The van der Waals surface area contributed by atoms with Gasteiger partial charge in [0.15, 0.2) is 5.78 Å². The number of rotatable bonds is 4. The average molecular weight is 402 g/mol. The number of hydrogen-bond acceptors (Lipinski definition) is 6. The van der Waals surface area contributed by atoms with Crippen LogP contribution in [0.3, 0.4) is 0 Å². The summed E-state index contributed by atoms with van der Waals surface area (Å²) in [4.78, 5) is 49.6. The Balaban J connectivity index is 1.80. The summed E-state index contributed by atoms with van der Waals surface area (Å²) in [5, 5.41) is 14.4. The fraction of sp³-hybridized carbons (Fsp3) is 0.0455. The summed E-state index contributed by atoms with van der Waals surface area (Å²) in [6, 6.07) is 15.0. The van der Waals surface area contributed by atoms with Crippen LogP contribution in [0.1, 0.15) is 42.2 Å². The number of carbonyl (C=O) groups is 3. The van der Waals surface area contributed by atoms with Gasteiger partial charge in [-0.05, 0) is 36.4 Å². The highest BCUT2D eigenvalue weighted by atomic mass is 16.6. The zero-order valence-corrected chi connectivity index (χ0v) is 15.7. The van der Waals surface area contributed by atoms with Crippen LogP contribution in [0.15, 0.2) is 60.7 Å². The van der Waals surface area contributed by atoms with Crippen molar-refractivity contribution in [1.82, 2.24) is 0 Å². The van der Waals surface area contributed by atoms with Crippen molar-refractivity contribution in [1.29, 1.82) is 0 Å². The number of benzene rings is 3. The number of fused-ring (bicyclic) bond motifs is 2. The third kappa shape index (κ3) is 3.00. The summed E-state index contributed by atoms with van der Waals surface area (Å²) in [5.74, 6) is -1.35. The second kappa shape index (κ2) is 7.25. The van der Waals surface area contributed by atoms with Gasteiger partial charge in [0.25, 0.3) is 11.6 Å². The van der Waals surface area contributed by atoms with Crippen LogP contribution in [0, 0.1) is 10.1 Å². The third-order valence-electron chi connectivity index (χ3n) is 4.84. The number of ketones is 2. The lowest BCUT2D eigenvalue weighted by Gasteiger charge is -2.18. The Hall–Kier alpha value is -4.33. The van der Waals surface area contributed by atoms with Crippen molar-refractivity contribution < 1.29 is 24.0 Å². The minimum Gasteiger partial charge on any atom is -0.497 e. The van der Waals surface area contributed by atoms with E-state index in [0.717, 1.165) is 0 Å². The molecule has 0 saturated carbocycles. The molecule has 0 bridgehead atoms. The van der Waals surface area contributed by atoms with E-state index in [1.807, 2.05) is 0 Å². The van der Waals surface area contributed by atoms with Crippen molar-refractivity contribution in [2.75, 3.05) is 12.4 Å². The Labute approximate surface area is 170 Å². The lowest BCUT2D eigenvalue weighted by molar-refractivity contribution is -0.385. The molecule has 148 valence electrons. The second-order valence-corrected chi connectivity index (χ2v) is 6.53. The van der Waals surface area contributed by atoms with Crippen molar-refractivity contribution in [2.45, 2.75) is 0 Å². The molecule has 4 rings (SSSR count). The number of methoxy groups -OCH3 is 1. The molecular weight excluding hydrogens is 388 g/mol. The van der Waals surface area contributed by atoms with Crippen LogP contribution in [0.5, 0.6) is 5.75 Å². The Morgan fingerprint density at radius 2 is 1.53 bits per heavy atom. The minimum atomic E-state index is -0.805. The number of nitro groups is 1. The van der Waals surface area contributed by atoms with Gasteiger partial charge < -0.3 is 10.1 Å². The van der Waals surface area contributed by atoms with Crippen molar-refractivity contribution in [3.8, 4) is 5.75 Å². The number of nitro benzene ring substituents is 1. The molecule has 1 amide bonds. The van der Waals surface area contributed by atoms with Crippen molar-refractivity contribution in [2.24, 2.45) is 0 Å².